The normalized spacial score (nSPS) is 12.7. The number of benzene rings is 2. The van der Waals surface area contributed by atoms with Crippen LogP contribution in [-0.2, 0) is 14.8 Å². The number of carboxylic acids is 1. The van der Waals surface area contributed by atoms with E-state index in [0.29, 0.717) is 25.3 Å². The summed E-state index contributed by atoms with van der Waals surface area (Å²) in [6.07, 6.45) is 0.816. The van der Waals surface area contributed by atoms with Gasteiger partial charge in [-0.25, -0.2) is 17.9 Å². The van der Waals surface area contributed by atoms with Crippen LogP contribution in [0.15, 0.2) is 53.4 Å². The van der Waals surface area contributed by atoms with Gasteiger partial charge in [-0.05, 0) is 51.0 Å². The summed E-state index contributed by atoms with van der Waals surface area (Å²) in [5.41, 5.74) is 1.07. The number of rotatable bonds is 11. The Morgan fingerprint density at radius 3 is 2.41 bits per heavy atom. The third-order valence-electron chi connectivity index (χ3n) is 4.24. The van der Waals surface area contributed by atoms with Crippen LogP contribution in [0, 0.1) is 0 Å². The predicted octanol–water partition coefficient (Wildman–Crippen LogP) is 3.65. The summed E-state index contributed by atoms with van der Waals surface area (Å²) in [5.74, 6) is -1.19. The number of sulfonamides is 1. The number of aromatic carboxylic acids is 1. The van der Waals surface area contributed by atoms with Crippen molar-refractivity contribution in [2.45, 2.75) is 44.2 Å². The van der Waals surface area contributed by atoms with Gasteiger partial charge in [-0.2, -0.15) is 0 Å². The maximum Gasteiger partial charge on any atom is 0.335 e. The first-order valence-electron chi connectivity index (χ1n) is 9.51. The van der Waals surface area contributed by atoms with Gasteiger partial charge in [0.2, 0.25) is 10.0 Å². The average Bonchev–Trinajstić information content (AvgIpc) is 2.67. The van der Waals surface area contributed by atoms with Gasteiger partial charge in [-0.1, -0.05) is 30.3 Å². The second-order valence-electron chi connectivity index (χ2n) is 6.97. The predicted molar refractivity (Wildman–Crippen MR) is 113 cm³/mol. The van der Waals surface area contributed by atoms with Crippen LogP contribution in [0.2, 0.25) is 0 Å². The Hall–Kier alpha value is -2.42. The van der Waals surface area contributed by atoms with Crippen molar-refractivity contribution >= 4 is 21.7 Å². The molecule has 3 N–H and O–H groups in total. The standard InChI is InChI=1S/C21H28N2O5S/c1-15(2)28-13-7-12-22-19-11-10-18(21(24)25)14-20(19)29(26,27)23-16(3)17-8-5-4-6-9-17/h4-6,8-11,14-16,22-23H,7,12-13H2,1-3H3,(H,24,25)/t16-/m0/s1. The van der Waals surface area contributed by atoms with E-state index in [1.165, 1.54) is 18.2 Å². The Morgan fingerprint density at radius 1 is 1.10 bits per heavy atom. The van der Waals surface area contributed by atoms with Gasteiger partial charge in [-0.3, -0.25) is 0 Å². The number of hydrogen-bond acceptors (Lipinski definition) is 5. The van der Waals surface area contributed by atoms with Crippen LogP contribution in [0.25, 0.3) is 0 Å². The van der Waals surface area contributed by atoms with Crippen molar-refractivity contribution in [1.29, 1.82) is 0 Å². The van der Waals surface area contributed by atoms with Crippen LogP contribution >= 0.6 is 0 Å². The van der Waals surface area contributed by atoms with Gasteiger partial charge < -0.3 is 15.2 Å². The summed E-state index contributed by atoms with van der Waals surface area (Å²) in [6, 6.07) is 12.7. The molecule has 0 aliphatic carbocycles. The van der Waals surface area contributed by atoms with Gasteiger partial charge in [0.25, 0.3) is 0 Å². The van der Waals surface area contributed by atoms with Crippen molar-refractivity contribution in [3.63, 3.8) is 0 Å². The third kappa shape index (κ3) is 6.85. The largest absolute Gasteiger partial charge is 0.478 e. The molecule has 7 nitrogen and oxygen atoms in total. The molecule has 0 aliphatic heterocycles. The molecule has 0 unspecified atom stereocenters. The summed E-state index contributed by atoms with van der Waals surface area (Å²) < 4.78 is 34.1. The molecule has 0 aromatic heterocycles. The summed E-state index contributed by atoms with van der Waals surface area (Å²) in [4.78, 5) is 11.3. The minimum Gasteiger partial charge on any atom is -0.478 e. The molecular formula is C21H28N2O5S. The average molecular weight is 421 g/mol. The fourth-order valence-corrected chi connectivity index (χ4v) is 4.18. The molecular weight excluding hydrogens is 392 g/mol. The summed E-state index contributed by atoms with van der Waals surface area (Å²) >= 11 is 0. The number of ether oxygens (including phenoxy) is 1. The smallest absolute Gasteiger partial charge is 0.335 e. The van der Waals surface area contributed by atoms with E-state index < -0.39 is 22.0 Å². The zero-order valence-electron chi connectivity index (χ0n) is 16.9. The van der Waals surface area contributed by atoms with Gasteiger partial charge >= 0.3 is 5.97 Å². The van der Waals surface area contributed by atoms with Gasteiger partial charge in [0.15, 0.2) is 0 Å². The molecule has 0 saturated heterocycles. The Labute approximate surface area is 172 Å². The molecule has 0 heterocycles. The lowest BCUT2D eigenvalue weighted by molar-refractivity contribution is 0.0696. The van der Waals surface area contributed by atoms with Gasteiger partial charge in [-0.15, -0.1) is 0 Å². The molecule has 0 fully saturated rings. The molecule has 0 saturated carbocycles. The van der Waals surface area contributed by atoms with Crippen LogP contribution < -0.4 is 10.0 Å². The first-order chi connectivity index (χ1) is 13.7. The molecule has 158 valence electrons. The van der Waals surface area contributed by atoms with E-state index in [1.807, 2.05) is 44.2 Å². The second kappa shape index (κ2) is 10.4. The number of nitrogens with one attached hydrogen (secondary N) is 2. The Kier molecular flexibility index (Phi) is 8.19. The first kappa shape index (κ1) is 22.9. The number of carboxylic acid groups (broad SMARTS) is 1. The SMILES string of the molecule is CC(C)OCCCNc1ccc(C(=O)O)cc1S(=O)(=O)N[C@@H](C)c1ccccc1. The van der Waals surface area contributed by atoms with Crippen LogP contribution in [0.5, 0.6) is 0 Å². The lowest BCUT2D eigenvalue weighted by Crippen LogP contribution is -2.28. The first-order valence-corrected chi connectivity index (χ1v) is 11.0. The molecule has 0 radical (unpaired) electrons. The van der Waals surface area contributed by atoms with Crippen molar-refractivity contribution in [3.05, 3.63) is 59.7 Å². The Bertz CT molecular complexity index is 914. The van der Waals surface area contributed by atoms with Gasteiger partial charge in [0.1, 0.15) is 4.90 Å². The molecule has 0 amide bonds. The number of anilines is 1. The van der Waals surface area contributed by atoms with Crippen molar-refractivity contribution in [2.75, 3.05) is 18.5 Å². The van der Waals surface area contributed by atoms with Crippen LogP contribution in [0.1, 0.15) is 49.2 Å². The van der Waals surface area contributed by atoms with E-state index >= 15 is 0 Å². The van der Waals surface area contributed by atoms with Crippen molar-refractivity contribution in [1.82, 2.24) is 4.72 Å². The third-order valence-corrected chi connectivity index (χ3v) is 5.82. The fraction of sp³-hybridized carbons (Fsp3) is 0.381. The Morgan fingerprint density at radius 2 is 1.79 bits per heavy atom. The van der Waals surface area contributed by atoms with Crippen LogP contribution in [0.3, 0.4) is 0 Å². The molecule has 2 aromatic rings. The lowest BCUT2D eigenvalue weighted by atomic mass is 10.1. The fourth-order valence-electron chi connectivity index (χ4n) is 2.74. The molecule has 2 aromatic carbocycles. The van der Waals surface area contributed by atoms with Gasteiger partial charge in [0.05, 0.1) is 17.4 Å². The highest BCUT2D eigenvalue weighted by atomic mass is 32.2. The summed E-state index contributed by atoms with van der Waals surface area (Å²) in [5, 5.41) is 12.4. The zero-order valence-corrected chi connectivity index (χ0v) is 17.7. The van der Waals surface area contributed by atoms with E-state index in [2.05, 4.69) is 10.0 Å². The second-order valence-corrected chi connectivity index (χ2v) is 8.65. The molecule has 1 atom stereocenters. The maximum atomic E-state index is 13.0. The van der Waals surface area contributed by atoms with Crippen molar-refractivity contribution < 1.29 is 23.1 Å². The minimum absolute atomic E-state index is 0.0913. The van der Waals surface area contributed by atoms with E-state index in [-0.39, 0.29) is 16.6 Å². The monoisotopic (exact) mass is 420 g/mol. The molecule has 2 rings (SSSR count). The minimum atomic E-state index is -3.96. The summed E-state index contributed by atoms with van der Waals surface area (Å²) in [7, 11) is -3.96. The molecule has 0 spiro atoms. The zero-order chi connectivity index (χ0) is 21.4. The number of hydrogen-bond donors (Lipinski definition) is 3. The highest BCUT2D eigenvalue weighted by molar-refractivity contribution is 7.89. The van der Waals surface area contributed by atoms with E-state index in [9.17, 15) is 18.3 Å². The quantitative estimate of drug-likeness (QED) is 0.479. The topological polar surface area (TPSA) is 105 Å². The lowest BCUT2D eigenvalue weighted by Gasteiger charge is -2.18. The molecule has 29 heavy (non-hydrogen) atoms. The summed E-state index contributed by atoms with van der Waals surface area (Å²) in [6.45, 7) is 6.67. The van der Waals surface area contributed by atoms with E-state index in [4.69, 9.17) is 4.74 Å². The highest BCUT2D eigenvalue weighted by Gasteiger charge is 2.23. The van der Waals surface area contributed by atoms with Gasteiger partial charge in [0, 0.05) is 19.2 Å². The molecule has 0 bridgehead atoms. The van der Waals surface area contributed by atoms with Crippen LogP contribution in [-0.4, -0.2) is 38.7 Å². The molecule has 0 aliphatic rings. The number of carbonyl (C=O) groups is 1. The van der Waals surface area contributed by atoms with Crippen molar-refractivity contribution in [2.24, 2.45) is 0 Å². The maximum absolute atomic E-state index is 13.0. The Balaban J connectivity index is 2.22. The van der Waals surface area contributed by atoms with Crippen molar-refractivity contribution in [3.8, 4) is 0 Å². The van der Waals surface area contributed by atoms with Crippen LogP contribution in [0.4, 0.5) is 5.69 Å². The molecule has 8 heteroatoms. The van der Waals surface area contributed by atoms with E-state index in [0.717, 1.165) is 5.56 Å². The highest BCUT2D eigenvalue weighted by Crippen LogP contribution is 2.25. The van der Waals surface area contributed by atoms with E-state index in [1.54, 1.807) is 6.92 Å².